The molecule has 9 heteroatoms. The zero-order valence-electron chi connectivity index (χ0n) is 10.8. The van der Waals surface area contributed by atoms with E-state index in [1.807, 2.05) is 6.92 Å². The Labute approximate surface area is 112 Å². The van der Waals surface area contributed by atoms with Gasteiger partial charge in [-0.3, -0.25) is 9.48 Å². The molecule has 0 fully saturated rings. The van der Waals surface area contributed by atoms with Crippen molar-refractivity contribution in [3.05, 3.63) is 6.20 Å². The molecule has 1 amide bonds. The van der Waals surface area contributed by atoms with E-state index in [1.54, 1.807) is 0 Å². The second-order valence-electron chi connectivity index (χ2n) is 4.11. The van der Waals surface area contributed by atoms with E-state index in [0.717, 1.165) is 6.42 Å². The fourth-order valence-corrected chi connectivity index (χ4v) is 2.66. The predicted octanol–water partition coefficient (Wildman–Crippen LogP) is -0.581. The highest BCUT2D eigenvalue weighted by Gasteiger charge is 2.20. The molecule has 8 nitrogen and oxygen atoms in total. The van der Waals surface area contributed by atoms with Crippen LogP contribution in [-0.4, -0.2) is 30.7 Å². The molecule has 5 N–H and O–H groups in total. The monoisotopic (exact) mass is 289 g/mol. The second-order valence-corrected chi connectivity index (χ2v) is 5.84. The lowest BCUT2D eigenvalue weighted by Gasteiger charge is -2.04. The van der Waals surface area contributed by atoms with Gasteiger partial charge in [-0.05, 0) is 12.8 Å². The van der Waals surface area contributed by atoms with Gasteiger partial charge in [0.2, 0.25) is 15.9 Å². The largest absolute Gasteiger partial charge is 0.381 e. The molecule has 0 radical (unpaired) electrons. The van der Waals surface area contributed by atoms with Gasteiger partial charge in [-0.2, -0.15) is 5.10 Å². The number of rotatable bonds is 8. The number of amides is 1. The molecule has 0 aliphatic rings. The van der Waals surface area contributed by atoms with Crippen LogP contribution in [0.2, 0.25) is 0 Å². The lowest BCUT2D eigenvalue weighted by Crippen LogP contribution is -2.26. The standard InChI is InChI=1S/C10H19N5O3S/c1-2-6-15-7-8(10(12)14-15)19(17,18)13-5-3-4-9(11)16/h7,13H,2-6H2,1H3,(H2,11,16)(H2,12,14). The van der Waals surface area contributed by atoms with Crippen LogP contribution in [0.5, 0.6) is 0 Å². The normalized spacial score (nSPS) is 11.6. The molecular formula is C10H19N5O3S. The lowest BCUT2D eigenvalue weighted by atomic mass is 10.3. The zero-order valence-corrected chi connectivity index (χ0v) is 11.6. The second kappa shape index (κ2) is 6.53. The van der Waals surface area contributed by atoms with Crippen molar-refractivity contribution in [3.63, 3.8) is 0 Å². The van der Waals surface area contributed by atoms with Crippen LogP contribution in [0.25, 0.3) is 0 Å². The Kier molecular flexibility index (Phi) is 5.31. The van der Waals surface area contributed by atoms with Crippen LogP contribution in [-0.2, 0) is 21.4 Å². The molecule has 0 aliphatic carbocycles. The summed E-state index contributed by atoms with van der Waals surface area (Å²) in [5, 5.41) is 3.92. The predicted molar refractivity (Wildman–Crippen MR) is 70.5 cm³/mol. The highest BCUT2D eigenvalue weighted by atomic mass is 32.2. The summed E-state index contributed by atoms with van der Waals surface area (Å²) in [7, 11) is -3.70. The van der Waals surface area contributed by atoms with Crippen LogP contribution in [0, 0.1) is 0 Å². The maximum Gasteiger partial charge on any atom is 0.245 e. The number of primary amides is 1. The Balaban J connectivity index is 2.68. The zero-order chi connectivity index (χ0) is 14.5. The van der Waals surface area contributed by atoms with Gasteiger partial charge in [0.1, 0.15) is 4.90 Å². The molecule has 1 rings (SSSR count). The number of nitrogens with zero attached hydrogens (tertiary/aromatic N) is 2. The van der Waals surface area contributed by atoms with Gasteiger partial charge in [-0.1, -0.05) is 6.92 Å². The van der Waals surface area contributed by atoms with Gasteiger partial charge in [-0.15, -0.1) is 0 Å². The molecule has 0 bridgehead atoms. The van der Waals surface area contributed by atoms with E-state index in [1.165, 1.54) is 10.9 Å². The van der Waals surface area contributed by atoms with Gasteiger partial charge < -0.3 is 11.5 Å². The van der Waals surface area contributed by atoms with Crippen LogP contribution < -0.4 is 16.2 Å². The number of carbonyl (C=O) groups excluding carboxylic acids is 1. The first kappa shape index (κ1) is 15.4. The van der Waals surface area contributed by atoms with Crippen LogP contribution >= 0.6 is 0 Å². The molecule has 0 aliphatic heterocycles. The number of hydrogen-bond acceptors (Lipinski definition) is 5. The molecule has 1 heterocycles. The summed E-state index contributed by atoms with van der Waals surface area (Å²) in [6.07, 6.45) is 2.70. The molecule has 108 valence electrons. The first-order valence-corrected chi connectivity index (χ1v) is 7.46. The summed E-state index contributed by atoms with van der Waals surface area (Å²) >= 11 is 0. The highest BCUT2D eigenvalue weighted by molar-refractivity contribution is 7.89. The number of anilines is 1. The van der Waals surface area contributed by atoms with Crippen molar-refractivity contribution in [1.82, 2.24) is 14.5 Å². The summed E-state index contributed by atoms with van der Waals surface area (Å²) in [5.74, 6) is -0.495. The SMILES string of the molecule is CCCn1cc(S(=O)(=O)NCCCC(N)=O)c(N)n1. The first-order valence-electron chi connectivity index (χ1n) is 5.97. The van der Waals surface area contributed by atoms with Crippen molar-refractivity contribution in [2.75, 3.05) is 12.3 Å². The third-order valence-corrected chi connectivity index (χ3v) is 3.87. The van der Waals surface area contributed by atoms with Gasteiger partial charge in [0.15, 0.2) is 5.82 Å². The average molecular weight is 289 g/mol. The minimum Gasteiger partial charge on any atom is -0.381 e. The Morgan fingerprint density at radius 3 is 2.79 bits per heavy atom. The number of carbonyl (C=O) groups is 1. The van der Waals surface area contributed by atoms with E-state index in [0.29, 0.717) is 13.0 Å². The topological polar surface area (TPSA) is 133 Å². The minimum absolute atomic E-state index is 0.0316. The van der Waals surface area contributed by atoms with Crippen molar-refractivity contribution in [1.29, 1.82) is 0 Å². The van der Waals surface area contributed by atoms with E-state index in [2.05, 4.69) is 9.82 Å². The van der Waals surface area contributed by atoms with Gasteiger partial charge in [0.05, 0.1) is 0 Å². The molecule has 1 aromatic heterocycles. The van der Waals surface area contributed by atoms with E-state index in [4.69, 9.17) is 11.5 Å². The van der Waals surface area contributed by atoms with Gasteiger partial charge in [-0.25, -0.2) is 13.1 Å². The highest BCUT2D eigenvalue weighted by Crippen LogP contribution is 2.16. The fourth-order valence-electron chi connectivity index (χ4n) is 1.52. The smallest absolute Gasteiger partial charge is 0.245 e. The van der Waals surface area contributed by atoms with Crippen LogP contribution in [0.1, 0.15) is 26.2 Å². The number of hydrogen-bond donors (Lipinski definition) is 3. The van der Waals surface area contributed by atoms with Crippen molar-refractivity contribution >= 4 is 21.7 Å². The molecule has 0 saturated carbocycles. The summed E-state index contributed by atoms with van der Waals surface area (Å²) in [6.45, 7) is 2.68. The molecule has 0 aromatic carbocycles. The Morgan fingerprint density at radius 1 is 1.53 bits per heavy atom. The van der Waals surface area contributed by atoms with E-state index in [9.17, 15) is 13.2 Å². The Bertz CT molecular complexity index is 537. The van der Waals surface area contributed by atoms with Crippen LogP contribution in [0.4, 0.5) is 5.82 Å². The van der Waals surface area contributed by atoms with Crippen LogP contribution in [0.15, 0.2) is 11.1 Å². The Hall–Kier alpha value is -1.61. The maximum atomic E-state index is 12.0. The number of nitrogen functional groups attached to an aromatic ring is 1. The molecule has 0 saturated heterocycles. The van der Waals surface area contributed by atoms with Crippen molar-refractivity contribution < 1.29 is 13.2 Å². The van der Waals surface area contributed by atoms with Crippen LogP contribution in [0.3, 0.4) is 0 Å². The number of aryl methyl sites for hydroxylation is 1. The molecule has 0 atom stereocenters. The summed E-state index contributed by atoms with van der Waals surface area (Å²) in [4.78, 5) is 10.5. The van der Waals surface area contributed by atoms with Gasteiger partial charge >= 0.3 is 0 Å². The maximum absolute atomic E-state index is 12.0. The Morgan fingerprint density at radius 2 is 2.21 bits per heavy atom. The molecule has 19 heavy (non-hydrogen) atoms. The number of nitrogens with one attached hydrogen (secondary N) is 1. The van der Waals surface area contributed by atoms with Gasteiger partial charge in [0.25, 0.3) is 0 Å². The summed E-state index contributed by atoms with van der Waals surface area (Å²) in [5.41, 5.74) is 10.5. The number of nitrogens with two attached hydrogens (primary N) is 2. The number of aromatic nitrogens is 2. The van der Waals surface area contributed by atoms with Crippen molar-refractivity contribution in [2.24, 2.45) is 5.73 Å². The minimum atomic E-state index is -3.70. The molecule has 0 unspecified atom stereocenters. The first-order chi connectivity index (χ1) is 8.86. The number of sulfonamides is 1. The average Bonchev–Trinajstić information content (AvgIpc) is 2.67. The van der Waals surface area contributed by atoms with Crippen molar-refractivity contribution in [3.8, 4) is 0 Å². The van der Waals surface area contributed by atoms with Crippen molar-refractivity contribution in [2.45, 2.75) is 37.6 Å². The van der Waals surface area contributed by atoms with E-state index < -0.39 is 15.9 Å². The quantitative estimate of drug-likeness (QED) is 0.550. The van der Waals surface area contributed by atoms with E-state index in [-0.39, 0.29) is 23.7 Å². The third-order valence-electron chi connectivity index (χ3n) is 2.39. The summed E-state index contributed by atoms with van der Waals surface area (Å²) < 4.78 is 27.8. The molecule has 0 spiro atoms. The van der Waals surface area contributed by atoms with Gasteiger partial charge in [0, 0.05) is 25.7 Å². The third kappa shape index (κ3) is 4.52. The fraction of sp³-hybridized carbons (Fsp3) is 0.600. The lowest BCUT2D eigenvalue weighted by molar-refractivity contribution is -0.118. The molecule has 1 aromatic rings. The summed E-state index contributed by atoms with van der Waals surface area (Å²) in [6, 6.07) is 0. The van der Waals surface area contributed by atoms with E-state index >= 15 is 0 Å². The molecular weight excluding hydrogens is 270 g/mol.